The number of nitrogens with zero attached hydrogens (tertiary/aromatic N) is 2. The van der Waals surface area contributed by atoms with Crippen LogP contribution in [0.4, 0.5) is 15.8 Å². The molecular weight excluding hydrogens is 435 g/mol. The molecule has 1 fully saturated rings. The summed E-state index contributed by atoms with van der Waals surface area (Å²) in [5.41, 5.74) is 3.82. The molecule has 0 radical (unpaired) electrons. The van der Waals surface area contributed by atoms with Crippen molar-refractivity contribution in [3.8, 4) is 0 Å². The van der Waals surface area contributed by atoms with E-state index in [0.29, 0.717) is 10.7 Å². The third-order valence-corrected chi connectivity index (χ3v) is 7.52. The Kier molecular flexibility index (Phi) is 4.79. The minimum absolute atomic E-state index is 0.142. The maximum absolute atomic E-state index is 13.9. The number of carbonyl (C=O) groups is 2. The Morgan fingerprint density at radius 1 is 1.06 bits per heavy atom. The zero-order valence-electron chi connectivity index (χ0n) is 16.6. The summed E-state index contributed by atoms with van der Waals surface area (Å²) in [6, 6.07) is 19.0. The fourth-order valence-electron chi connectivity index (χ4n) is 4.21. The summed E-state index contributed by atoms with van der Waals surface area (Å²) >= 11 is 7.67. The number of fused-ring (bicyclic) bond motifs is 2. The van der Waals surface area contributed by atoms with Gasteiger partial charge in [-0.2, -0.15) is 0 Å². The molecule has 2 heterocycles. The minimum Gasteiger partial charge on any atom is -0.304 e. The highest BCUT2D eigenvalue weighted by Gasteiger charge is 2.60. The highest BCUT2D eigenvalue weighted by atomic mass is 35.5. The predicted molar refractivity (Wildman–Crippen MR) is 122 cm³/mol. The van der Waals surface area contributed by atoms with Crippen molar-refractivity contribution in [1.82, 2.24) is 0 Å². The SMILES string of the molecule is Cc1ccc(N2C(=O)CS[C@@]23C(=O)N(Cc2ccc(F)cc2)c2ccccc23)cc1Cl. The molecule has 2 aliphatic heterocycles. The molecule has 1 saturated heterocycles. The number of para-hydroxylation sites is 1. The van der Waals surface area contributed by atoms with Crippen LogP contribution >= 0.6 is 23.4 Å². The van der Waals surface area contributed by atoms with Gasteiger partial charge >= 0.3 is 0 Å². The maximum atomic E-state index is 13.9. The Bertz CT molecular complexity index is 1220. The van der Waals surface area contributed by atoms with Crippen LogP contribution in [0.3, 0.4) is 0 Å². The Morgan fingerprint density at radius 2 is 1.81 bits per heavy atom. The second kappa shape index (κ2) is 7.39. The molecule has 0 N–H and O–H groups in total. The van der Waals surface area contributed by atoms with Crippen LogP contribution in [0.2, 0.25) is 5.02 Å². The first-order chi connectivity index (χ1) is 14.9. The lowest BCUT2D eigenvalue weighted by Gasteiger charge is -2.33. The normalized spacial score (nSPS) is 20.1. The molecular formula is C24H18ClFN2O2S. The summed E-state index contributed by atoms with van der Waals surface area (Å²) in [6.45, 7) is 2.18. The van der Waals surface area contributed by atoms with Crippen molar-refractivity contribution < 1.29 is 14.0 Å². The first kappa shape index (κ1) is 20.1. The van der Waals surface area contributed by atoms with Gasteiger partial charge in [0, 0.05) is 16.3 Å². The van der Waals surface area contributed by atoms with Crippen LogP contribution in [-0.2, 0) is 21.0 Å². The average Bonchev–Trinajstić information content (AvgIpc) is 3.23. The molecule has 156 valence electrons. The molecule has 1 spiro atoms. The number of halogens is 2. The van der Waals surface area contributed by atoms with Gasteiger partial charge in [-0.3, -0.25) is 14.5 Å². The molecule has 7 heteroatoms. The third-order valence-electron chi connectivity index (χ3n) is 5.73. The van der Waals surface area contributed by atoms with Gasteiger partial charge < -0.3 is 4.90 Å². The molecule has 2 amide bonds. The van der Waals surface area contributed by atoms with Crippen molar-refractivity contribution >= 4 is 46.6 Å². The fraction of sp³-hybridized carbons (Fsp3) is 0.167. The van der Waals surface area contributed by atoms with Crippen molar-refractivity contribution in [3.63, 3.8) is 0 Å². The Hall–Kier alpha value is -2.83. The van der Waals surface area contributed by atoms with Crippen LogP contribution in [0.5, 0.6) is 0 Å². The van der Waals surface area contributed by atoms with Gasteiger partial charge in [0.2, 0.25) is 10.8 Å². The summed E-state index contributed by atoms with van der Waals surface area (Å²) in [5, 5.41) is 0.541. The molecule has 3 aromatic carbocycles. The number of amides is 2. The molecule has 31 heavy (non-hydrogen) atoms. The summed E-state index contributed by atoms with van der Waals surface area (Å²) in [7, 11) is 0. The molecule has 5 rings (SSSR count). The van der Waals surface area contributed by atoms with Crippen LogP contribution in [-0.4, -0.2) is 17.6 Å². The van der Waals surface area contributed by atoms with Crippen molar-refractivity contribution in [2.75, 3.05) is 15.6 Å². The molecule has 0 bridgehead atoms. The quantitative estimate of drug-likeness (QED) is 0.543. The van der Waals surface area contributed by atoms with Crippen LogP contribution in [0.15, 0.2) is 66.7 Å². The summed E-state index contributed by atoms with van der Waals surface area (Å²) < 4.78 is 13.4. The predicted octanol–water partition coefficient (Wildman–Crippen LogP) is 5.27. The molecule has 3 aromatic rings. The molecule has 1 atom stereocenters. The van der Waals surface area contributed by atoms with Crippen molar-refractivity contribution in [1.29, 1.82) is 0 Å². The van der Waals surface area contributed by atoms with Gasteiger partial charge in [-0.25, -0.2) is 4.39 Å². The Morgan fingerprint density at radius 3 is 2.55 bits per heavy atom. The van der Waals surface area contributed by atoms with Crippen molar-refractivity contribution in [3.05, 3.63) is 94.3 Å². The zero-order valence-corrected chi connectivity index (χ0v) is 18.2. The first-order valence-electron chi connectivity index (χ1n) is 9.81. The maximum Gasteiger partial charge on any atom is 0.269 e. The van der Waals surface area contributed by atoms with Gasteiger partial charge in [0.1, 0.15) is 5.82 Å². The van der Waals surface area contributed by atoms with Gasteiger partial charge in [-0.1, -0.05) is 48.0 Å². The Balaban J connectivity index is 1.63. The van der Waals surface area contributed by atoms with E-state index < -0.39 is 4.87 Å². The summed E-state index contributed by atoms with van der Waals surface area (Å²) in [6.07, 6.45) is 0. The lowest BCUT2D eigenvalue weighted by molar-refractivity contribution is -0.123. The number of benzene rings is 3. The molecule has 0 aliphatic carbocycles. The van der Waals surface area contributed by atoms with Crippen LogP contribution in [0.25, 0.3) is 0 Å². The topological polar surface area (TPSA) is 40.6 Å². The summed E-state index contributed by atoms with van der Waals surface area (Å²) in [4.78, 5) is 29.1. The van der Waals surface area contributed by atoms with Gasteiger partial charge in [0.05, 0.1) is 18.0 Å². The largest absolute Gasteiger partial charge is 0.304 e. The monoisotopic (exact) mass is 452 g/mol. The molecule has 2 aliphatic rings. The van der Waals surface area contributed by atoms with E-state index in [9.17, 15) is 14.0 Å². The lowest BCUT2D eigenvalue weighted by atomic mass is 10.0. The van der Waals surface area contributed by atoms with E-state index in [1.54, 1.807) is 28.0 Å². The lowest BCUT2D eigenvalue weighted by Crippen LogP contribution is -2.49. The van der Waals surface area contributed by atoms with E-state index in [4.69, 9.17) is 11.6 Å². The fourth-order valence-corrected chi connectivity index (χ4v) is 5.74. The highest BCUT2D eigenvalue weighted by molar-refractivity contribution is 8.02. The molecule has 0 saturated carbocycles. The summed E-state index contributed by atoms with van der Waals surface area (Å²) in [5.74, 6) is -0.467. The second-order valence-corrected chi connectivity index (χ2v) is 9.21. The standard InChI is InChI=1S/C24H18ClFN2O2S/c1-15-6-11-18(12-20(15)25)28-22(29)14-31-24(28)19-4-2-3-5-21(19)27(23(24)30)13-16-7-9-17(26)10-8-16/h2-12H,13-14H2,1H3/t24-/m0/s1. The van der Waals surface area contributed by atoms with E-state index >= 15 is 0 Å². The van der Waals surface area contributed by atoms with E-state index in [0.717, 1.165) is 22.4 Å². The van der Waals surface area contributed by atoms with E-state index in [2.05, 4.69) is 0 Å². The van der Waals surface area contributed by atoms with Crippen LogP contribution < -0.4 is 9.80 Å². The van der Waals surface area contributed by atoms with Gasteiger partial charge in [-0.05, 0) is 48.4 Å². The van der Waals surface area contributed by atoms with E-state index in [1.165, 1.54) is 23.9 Å². The second-order valence-electron chi connectivity index (χ2n) is 7.63. The number of rotatable bonds is 3. The number of aryl methyl sites for hydroxylation is 1. The minimum atomic E-state index is -1.19. The molecule has 4 nitrogen and oxygen atoms in total. The highest BCUT2D eigenvalue weighted by Crippen LogP contribution is 2.56. The van der Waals surface area contributed by atoms with Crippen LogP contribution in [0, 0.1) is 12.7 Å². The average molecular weight is 453 g/mol. The van der Waals surface area contributed by atoms with E-state index in [1.807, 2.05) is 43.3 Å². The first-order valence-corrected chi connectivity index (χ1v) is 11.2. The van der Waals surface area contributed by atoms with Gasteiger partial charge in [-0.15, -0.1) is 11.8 Å². The number of carbonyl (C=O) groups excluding carboxylic acids is 2. The van der Waals surface area contributed by atoms with Crippen LogP contribution in [0.1, 0.15) is 16.7 Å². The zero-order chi connectivity index (χ0) is 21.8. The number of hydrogen-bond donors (Lipinski definition) is 0. The number of anilines is 2. The molecule has 0 aromatic heterocycles. The van der Waals surface area contributed by atoms with Gasteiger partial charge in [0.25, 0.3) is 5.91 Å². The molecule has 0 unspecified atom stereocenters. The van der Waals surface area contributed by atoms with Crippen molar-refractivity contribution in [2.45, 2.75) is 18.3 Å². The smallest absolute Gasteiger partial charge is 0.269 e. The van der Waals surface area contributed by atoms with Crippen molar-refractivity contribution in [2.24, 2.45) is 0 Å². The van der Waals surface area contributed by atoms with Gasteiger partial charge in [0.15, 0.2) is 0 Å². The number of thioether (sulfide) groups is 1. The third kappa shape index (κ3) is 3.05. The number of hydrogen-bond acceptors (Lipinski definition) is 3. The van der Waals surface area contributed by atoms with E-state index in [-0.39, 0.29) is 29.9 Å². The Labute approximate surface area is 188 Å².